The van der Waals surface area contributed by atoms with E-state index in [9.17, 15) is 9.59 Å². The van der Waals surface area contributed by atoms with Gasteiger partial charge in [0.05, 0.1) is 17.2 Å². The first kappa shape index (κ1) is 17.6. The maximum absolute atomic E-state index is 10.7. The quantitative estimate of drug-likeness (QED) is 0.785. The fraction of sp³-hybridized carbons (Fsp3) is 0.385. The topological polar surface area (TPSA) is 95.9 Å². The summed E-state index contributed by atoms with van der Waals surface area (Å²) in [5, 5.41) is 20.3. The Hall–Kier alpha value is -1.50. The minimum atomic E-state index is -1.16. The zero-order valence-electron chi connectivity index (χ0n) is 11.2. The van der Waals surface area contributed by atoms with E-state index in [1.807, 2.05) is 0 Å². The maximum atomic E-state index is 10.7. The van der Waals surface area contributed by atoms with E-state index in [0.29, 0.717) is 0 Å². The van der Waals surface area contributed by atoms with Crippen LogP contribution in [0.1, 0.15) is 23.2 Å². The SMILES string of the molecule is COc1c(Cl)ccc(Cl)c1C(=O)O.O=C(O)[C@@H]1CCCN1. The minimum absolute atomic E-state index is 0.0849. The predicted molar refractivity (Wildman–Crippen MR) is 78.6 cm³/mol. The van der Waals surface area contributed by atoms with Crippen molar-refractivity contribution >= 4 is 35.1 Å². The smallest absolute Gasteiger partial charge is 0.341 e. The Morgan fingerprint density at radius 1 is 1.29 bits per heavy atom. The van der Waals surface area contributed by atoms with Gasteiger partial charge in [0.1, 0.15) is 11.6 Å². The lowest BCUT2D eigenvalue weighted by Gasteiger charge is -2.07. The van der Waals surface area contributed by atoms with Gasteiger partial charge in [-0.2, -0.15) is 0 Å². The van der Waals surface area contributed by atoms with E-state index >= 15 is 0 Å². The number of aromatic carboxylic acids is 1. The van der Waals surface area contributed by atoms with Gasteiger partial charge in [-0.25, -0.2) is 4.79 Å². The summed E-state index contributed by atoms with van der Waals surface area (Å²) in [5.74, 6) is -1.80. The number of nitrogens with one attached hydrogen (secondary N) is 1. The van der Waals surface area contributed by atoms with Crippen LogP contribution >= 0.6 is 23.2 Å². The van der Waals surface area contributed by atoms with Crippen LogP contribution in [0, 0.1) is 0 Å². The molecule has 0 spiro atoms. The molecule has 0 aliphatic carbocycles. The summed E-state index contributed by atoms with van der Waals surface area (Å²) in [6, 6.07) is 2.63. The molecule has 21 heavy (non-hydrogen) atoms. The molecular weight excluding hydrogens is 321 g/mol. The second kappa shape index (κ2) is 8.07. The number of carbonyl (C=O) groups is 2. The molecule has 1 aromatic rings. The third-order valence-corrected chi connectivity index (χ3v) is 3.45. The number of carboxylic acid groups (broad SMARTS) is 2. The van der Waals surface area contributed by atoms with Crippen molar-refractivity contribution in [2.24, 2.45) is 0 Å². The summed E-state index contributed by atoms with van der Waals surface area (Å²) in [5.41, 5.74) is -0.114. The van der Waals surface area contributed by atoms with Crippen molar-refractivity contribution in [3.8, 4) is 5.75 Å². The summed E-state index contributed by atoms with van der Waals surface area (Å²) in [4.78, 5) is 20.9. The maximum Gasteiger partial charge on any atom is 0.341 e. The molecule has 1 aromatic carbocycles. The number of carboxylic acids is 2. The van der Waals surface area contributed by atoms with Gasteiger partial charge in [0.2, 0.25) is 0 Å². The molecule has 3 N–H and O–H groups in total. The van der Waals surface area contributed by atoms with Crippen molar-refractivity contribution < 1.29 is 24.5 Å². The van der Waals surface area contributed by atoms with Gasteiger partial charge in [-0.05, 0) is 31.5 Å². The Balaban J connectivity index is 0.000000235. The second-order valence-corrected chi connectivity index (χ2v) is 5.04. The number of methoxy groups -OCH3 is 1. The van der Waals surface area contributed by atoms with Crippen molar-refractivity contribution in [1.82, 2.24) is 5.32 Å². The van der Waals surface area contributed by atoms with E-state index in [1.54, 1.807) is 0 Å². The van der Waals surface area contributed by atoms with Crippen LogP contribution in [0.25, 0.3) is 0 Å². The third-order valence-electron chi connectivity index (χ3n) is 2.84. The largest absolute Gasteiger partial charge is 0.494 e. The predicted octanol–water partition coefficient (Wildman–Crippen LogP) is 2.52. The van der Waals surface area contributed by atoms with Crippen molar-refractivity contribution in [2.75, 3.05) is 13.7 Å². The summed E-state index contributed by atoms with van der Waals surface area (Å²) in [7, 11) is 1.34. The standard InChI is InChI=1S/C8H6Cl2O3.C5H9NO2/c1-13-7-5(10)3-2-4(9)6(7)8(11)12;7-5(8)4-2-1-3-6-4/h2-3H,1H3,(H,11,12);4,6H,1-3H2,(H,7,8)/t;4-/m.0/s1. The first-order valence-electron chi connectivity index (χ1n) is 6.10. The van der Waals surface area contributed by atoms with Crippen LogP contribution in [0.5, 0.6) is 5.75 Å². The average molecular weight is 336 g/mol. The fourth-order valence-electron chi connectivity index (χ4n) is 1.83. The normalized spacial score (nSPS) is 16.8. The minimum Gasteiger partial charge on any atom is -0.494 e. The van der Waals surface area contributed by atoms with E-state index in [1.165, 1.54) is 19.2 Å². The lowest BCUT2D eigenvalue weighted by molar-refractivity contribution is -0.139. The zero-order valence-corrected chi connectivity index (χ0v) is 12.7. The Bertz CT molecular complexity index is 530. The highest BCUT2D eigenvalue weighted by molar-refractivity contribution is 6.36. The molecule has 1 heterocycles. The molecule has 0 aromatic heterocycles. The van der Waals surface area contributed by atoms with Gasteiger partial charge < -0.3 is 20.3 Å². The number of halogens is 2. The van der Waals surface area contributed by atoms with Crippen LogP contribution in [-0.4, -0.2) is 41.8 Å². The number of aliphatic carboxylic acids is 1. The van der Waals surface area contributed by atoms with Crippen LogP contribution in [0.15, 0.2) is 12.1 Å². The van der Waals surface area contributed by atoms with Crippen LogP contribution in [0.4, 0.5) is 0 Å². The first-order valence-corrected chi connectivity index (χ1v) is 6.85. The number of rotatable bonds is 3. The molecule has 1 atom stereocenters. The molecule has 0 radical (unpaired) electrons. The number of hydrogen-bond donors (Lipinski definition) is 3. The van der Waals surface area contributed by atoms with Crippen molar-refractivity contribution in [1.29, 1.82) is 0 Å². The Kier molecular flexibility index (Phi) is 6.74. The highest BCUT2D eigenvalue weighted by Gasteiger charge is 2.20. The Labute approximate surface area is 131 Å². The number of ether oxygens (including phenoxy) is 1. The average Bonchev–Trinajstić information content (AvgIpc) is 2.95. The second-order valence-electron chi connectivity index (χ2n) is 4.23. The van der Waals surface area contributed by atoms with E-state index < -0.39 is 11.9 Å². The molecule has 6 nitrogen and oxygen atoms in total. The van der Waals surface area contributed by atoms with E-state index in [0.717, 1.165) is 19.4 Å². The summed E-state index contributed by atoms with van der Waals surface area (Å²) >= 11 is 11.4. The lowest BCUT2D eigenvalue weighted by Crippen LogP contribution is -2.29. The van der Waals surface area contributed by atoms with Gasteiger partial charge in [0.25, 0.3) is 0 Å². The molecule has 8 heteroatoms. The summed E-state index contributed by atoms with van der Waals surface area (Å²) < 4.78 is 4.82. The van der Waals surface area contributed by atoms with Crippen LogP contribution < -0.4 is 10.1 Å². The number of hydrogen-bond acceptors (Lipinski definition) is 4. The fourth-order valence-corrected chi connectivity index (χ4v) is 2.29. The van der Waals surface area contributed by atoms with Crippen molar-refractivity contribution in [3.63, 3.8) is 0 Å². The zero-order chi connectivity index (χ0) is 16.0. The molecule has 0 unspecified atom stereocenters. The highest BCUT2D eigenvalue weighted by Crippen LogP contribution is 2.33. The van der Waals surface area contributed by atoms with E-state index in [-0.39, 0.29) is 27.4 Å². The molecule has 1 saturated heterocycles. The molecule has 1 fully saturated rings. The van der Waals surface area contributed by atoms with Crippen LogP contribution in [0.2, 0.25) is 10.0 Å². The number of benzene rings is 1. The lowest BCUT2D eigenvalue weighted by atomic mass is 10.2. The van der Waals surface area contributed by atoms with Crippen LogP contribution in [-0.2, 0) is 4.79 Å². The van der Waals surface area contributed by atoms with Gasteiger partial charge in [0.15, 0.2) is 5.75 Å². The Morgan fingerprint density at radius 3 is 2.24 bits per heavy atom. The molecule has 1 aliphatic heterocycles. The van der Waals surface area contributed by atoms with Crippen LogP contribution in [0.3, 0.4) is 0 Å². The molecule has 0 saturated carbocycles. The molecule has 0 bridgehead atoms. The third kappa shape index (κ3) is 4.77. The summed E-state index contributed by atoms with van der Waals surface area (Å²) in [6.07, 6.45) is 1.78. The molecule has 2 rings (SSSR count). The monoisotopic (exact) mass is 335 g/mol. The van der Waals surface area contributed by atoms with Gasteiger partial charge in [0, 0.05) is 0 Å². The van der Waals surface area contributed by atoms with E-state index in [4.69, 9.17) is 38.2 Å². The molecular formula is C13H15Cl2NO5. The van der Waals surface area contributed by atoms with Gasteiger partial charge in [-0.1, -0.05) is 23.2 Å². The van der Waals surface area contributed by atoms with Gasteiger partial charge in [-0.3, -0.25) is 4.79 Å². The molecule has 0 amide bonds. The van der Waals surface area contributed by atoms with E-state index in [2.05, 4.69) is 5.32 Å². The van der Waals surface area contributed by atoms with Gasteiger partial charge >= 0.3 is 11.9 Å². The molecule has 1 aliphatic rings. The van der Waals surface area contributed by atoms with Crippen molar-refractivity contribution in [3.05, 3.63) is 27.7 Å². The molecule has 116 valence electrons. The van der Waals surface area contributed by atoms with Crippen molar-refractivity contribution in [2.45, 2.75) is 18.9 Å². The Morgan fingerprint density at radius 2 is 1.90 bits per heavy atom. The highest BCUT2D eigenvalue weighted by atomic mass is 35.5. The first-order chi connectivity index (χ1) is 9.88. The summed E-state index contributed by atoms with van der Waals surface area (Å²) in [6.45, 7) is 0.858. The van der Waals surface area contributed by atoms with Gasteiger partial charge in [-0.15, -0.1) is 0 Å².